The van der Waals surface area contributed by atoms with Crippen molar-refractivity contribution >= 4 is 23.9 Å². The van der Waals surface area contributed by atoms with Crippen molar-refractivity contribution in [1.29, 1.82) is 5.41 Å². The number of alkyl carbamates (subject to hydrolysis) is 1. The number of rotatable bonds is 3. The number of halogens is 2. The quantitative estimate of drug-likeness (QED) is 0.441. The van der Waals surface area contributed by atoms with Crippen molar-refractivity contribution in [2.75, 3.05) is 5.32 Å². The number of benzene rings is 1. The number of nitrogens with one attached hydrogen (secondary N) is 3. The predicted molar refractivity (Wildman–Crippen MR) is 120 cm³/mol. The highest BCUT2D eigenvalue weighted by Gasteiger charge is 2.26. The zero-order valence-corrected chi connectivity index (χ0v) is 18.9. The van der Waals surface area contributed by atoms with Gasteiger partial charge in [-0.15, -0.1) is 0 Å². The van der Waals surface area contributed by atoms with Crippen molar-refractivity contribution < 1.29 is 23.1 Å². The molecule has 0 spiro atoms. The van der Waals surface area contributed by atoms with Crippen molar-refractivity contribution in [3.05, 3.63) is 47.7 Å². The molecule has 0 saturated carbocycles. The number of alkyl halides is 2. The fourth-order valence-electron chi connectivity index (χ4n) is 3.47. The van der Waals surface area contributed by atoms with Crippen LogP contribution in [0.1, 0.15) is 57.8 Å². The standard InChI is InChI=1S/C23H27F2N5O3/c1-13-6-5-7-17(29-22(32)33-23(2,3)4)14-8-9-15(11-26)16(10-14)19-18(28-20(13)31)12-27-30(19)21(24)25/h5-6,8-13,17,21,26H,7H2,1-4H3,(H,28,31)(H,29,32)/b6-5+,26-11?. The average Bonchev–Trinajstić information content (AvgIpc) is 3.14. The summed E-state index contributed by atoms with van der Waals surface area (Å²) < 4.78 is 33.4. The number of carbonyl (C=O) groups is 2. The number of anilines is 1. The molecule has 2 aromatic rings. The van der Waals surface area contributed by atoms with E-state index in [-0.39, 0.29) is 16.9 Å². The van der Waals surface area contributed by atoms with Crippen molar-refractivity contribution in [3.63, 3.8) is 0 Å². The smallest absolute Gasteiger partial charge is 0.408 e. The third-order valence-corrected chi connectivity index (χ3v) is 5.03. The van der Waals surface area contributed by atoms with E-state index >= 15 is 0 Å². The lowest BCUT2D eigenvalue weighted by Gasteiger charge is -2.24. The van der Waals surface area contributed by atoms with Gasteiger partial charge in [-0.05, 0) is 38.8 Å². The van der Waals surface area contributed by atoms with Crippen LogP contribution in [0.15, 0.2) is 36.5 Å². The highest BCUT2D eigenvalue weighted by Crippen LogP contribution is 2.36. The number of amides is 2. The molecule has 2 bridgehead atoms. The molecule has 3 N–H and O–H groups in total. The molecule has 2 amide bonds. The maximum atomic E-state index is 13.8. The molecular weight excluding hydrogens is 432 g/mol. The number of hydrogen-bond acceptors (Lipinski definition) is 5. The first-order chi connectivity index (χ1) is 15.5. The fraction of sp³-hybridized carbons (Fsp3) is 0.391. The Labute approximate surface area is 190 Å². The summed E-state index contributed by atoms with van der Waals surface area (Å²) >= 11 is 0. The zero-order chi connectivity index (χ0) is 24.3. The fourth-order valence-corrected chi connectivity index (χ4v) is 3.47. The lowest BCUT2D eigenvalue weighted by Crippen LogP contribution is -2.35. The van der Waals surface area contributed by atoms with Gasteiger partial charge in [-0.3, -0.25) is 4.79 Å². The molecule has 1 aromatic carbocycles. The van der Waals surface area contributed by atoms with Crippen LogP contribution in [-0.4, -0.2) is 33.6 Å². The molecule has 2 heterocycles. The lowest BCUT2D eigenvalue weighted by molar-refractivity contribution is -0.118. The summed E-state index contributed by atoms with van der Waals surface area (Å²) in [5, 5.41) is 17.0. The van der Waals surface area contributed by atoms with E-state index in [9.17, 15) is 18.4 Å². The van der Waals surface area contributed by atoms with Gasteiger partial charge in [0.05, 0.1) is 29.5 Å². The Balaban J connectivity index is 2.17. The van der Waals surface area contributed by atoms with Crippen LogP contribution in [0.4, 0.5) is 19.3 Å². The molecule has 0 radical (unpaired) electrons. The Bertz CT molecular complexity index is 1090. The van der Waals surface area contributed by atoms with Gasteiger partial charge in [0, 0.05) is 17.3 Å². The highest BCUT2D eigenvalue weighted by atomic mass is 19.3. The van der Waals surface area contributed by atoms with Crippen LogP contribution < -0.4 is 10.6 Å². The van der Waals surface area contributed by atoms with Crippen LogP contribution in [0.2, 0.25) is 0 Å². The highest BCUT2D eigenvalue weighted by molar-refractivity contribution is 5.99. The van der Waals surface area contributed by atoms with Gasteiger partial charge in [-0.1, -0.05) is 31.2 Å². The number of hydrogen-bond donors (Lipinski definition) is 3. The molecule has 2 unspecified atom stereocenters. The largest absolute Gasteiger partial charge is 0.444 e. The van der Waals surface area contributed by atoms with Gasteiger partial charge < -0.3 is 20.8 Å². The maximum absolute atomic E-state index is 13.8. The van der Waals surface area contributed by atoms with Gasteiger partial charge in [-0.2, -0.15) is 13.9 Å². The van der Waals surface area contributed by atoms with E-state index in [1.54, 1.807) is 58.0 Å². The molecule has 0 aliphatic carbocycles. The summed E-state index contributed by atoms with van der Waals surface area (Å²) in [6, 6.07) is 4.38. The van der Waals surface area contributed by atoms with Crippen LogP contribution in [0.25, 0.3) is 11.3 Å². The first kappa shape index (κ1) is 24.1. The number of carbonyl (C=O) groups excluding carboxylic acids is 2. The molecular formula is C23H27F2N5O3. The van der Waals surface area contributed by atoms with Crippen LogP contribution in [0.3, 0.4) is 0 Å². The van der Waals surface area contributed by atoms with E-state index in [0.29, 0.717) is 22.2 Å². The third kappa shape index (κ3) is 5.63. The minimum atomic E-state index is -2.96. The van der Waals surface area contributed by atoms with Gasteiger partial charge in [0.2, 0.25) is 5.91 Å². The molecule has 33 heavy (non-hydrogen) atoms. The summed E-state index contributed by atoms with van der Waals surface area (Å²) in [4.78, 5) is 25.1. The molecule has 176 valence electrons. The Hall–Kier alpha value is -3.56. The lowest BCUT2D eigenvalue weighted by atomic mass is 9.95. The maximum Gasteiger partial charge on any atom is 0.408 e. The Morgan fingerprint density at radius 1 is 1.39 bits per heavy atom. The predicted octanol–water partition coefficient (Wildman–Crippen LogP) is 5.04. The Kier molecular flexibility index (Phi) is 6.95. The van der Waals surface area contributed by atoms with E-state index in [2.05, 4.69) is 15.7 Å². The first-order valence-corrected chi connectivity index (χ1v) is 10.5. The monoisotopic (exact) mass is 459 g/mol. The van der Waals surface area contributed by atoms with E-state index in [4.69, 9.17) is 10.1 Å². The normalized spacial score (nSPS) is 19.5. The number of ether oxygens (including phenoxy) is 1. The Morgan fingerprint density at radius 2 is 2.12 bits per heavy atom. The van der Waals surface area contributed by atoms with E-state index < -0.39 is 36.1 Å². The van der Waals surface area contributed by atoms with E-state index in [1.807, 2.05) is 0 Å². The number of aromatic nitrogens is 2. The summed E-state index contributed by atoms with van der Waals surface area (Å²) in [6.07, 6.45) is 5.37. The van der Waals surface area contributed by atoms with Crippen molar-refractivity contribution in [3.8, 4) is 11.3 Å². The first-order valence-electron chi connectivity index (χ1n) is 10.5. The zero-order valence-electron chi connectivity index (χ0n) is 18.9. The van der Waals surface area contributed by atoms with Crippen LogP contribution in [0.5, 0.6) is 0 Å². The minimum Gasteiger partial charge on any atom is -0.444 e. The van der Waals surface area contributed by atoms with Crippen LogP contribution in [-0.2, 0) is 9.53 Å². The molecule has 0 saturated heterocycles. The summed E-state index contributed by atoms with van der Waals surface area (Å²) in [5.74, 6) is -0.957. The summed E-state index contributed by atoms with van der Waals surface area (Å²) in [7, 11) is 0. The molecule has 1 aromatic heterocycles. The minimum absolute atomic E-state index is 0.0218. The number of nitrogens with zero attached hydrogens (tertiary/aromatic N) is 2. The van der Waals surface area contributed by atoms with Crippen molar-refractivity contribution in [1.82, 2.24) is 15.1 Å². The number of fused-ring (bicyclic) bond motifs is 4. The molecule has 3 rings (SSSR count). The average molecular weight is 459 g/mol. The molecule has 10 heteroatoms. The molecule has 0 fully saturated rings. The second kappa shape index (κ2) is 9.51. The Morgan fingerprint density at radius 3 is 2.76 bits per heavy atom. The molecule has 1 aliphatic heterocycles. The van der Waals surface area contributed by atoms with Crippen LogP contribution >= 0.6 is 0 Å². The van der Waals surface area contributed by atoms with Gasteiger partial charge in [0.15, 0.2) is 0 Å². The molecule has 2 atom stereocenters. The SMILES string of the molecule is CC1/C=C/CC(NC(=O)OC(C)(C)C)c2ccc(C=N)c(c2)-c2c(cnn2C(F)F)NC1=O. The van der Waals surface area contributed by atoms with Gasteiger partial charge in [0.1, 0.15) is 5.60 Å². The van der Waals surface area contributed by atoms with Crippen LogP contribution in [0, 0.1) is 11.3 Å². The van der Waals surface area contributed by atoms with E-state index in [1.165, 1.54) is 6.20 Å². The van der Waals surface area contributed by atoms with E-state index in [0.717, 1.165) is 6.21 Å². The summed E-state index contributed by atoms with van der Waals surface area (Å²) in [6.45, 7) is 3.95. The molecule has 1 aliphatic rings. The second-order valence-electron chi connectivity index (χ2n) is 8.76. The summed E-state index contributed by atoms with van der Waals surface area (Å²) in [5.41, 5.74) is 0.645. The van der Waals surface area contributed by atoms with Crippen molar-refractivity contribution in [2.24, 2.45) is 5.92 Å². The third-order valence-electron chi connectivity index (χ3n) is 5.03. The molecule has 8 nitrogen and oxygen atoms in total. The van der Waals surface area contributed by atoms with Crippen molar-refractivity contribution in [2.45, 2.75) is 52.3 Å². The topological polar surface area (TPSA) is 109 Å². The van der Waals surface area contributed by atoms with Gasteiger partial charge in [-0.25, -0.2) is 9.48 Å². The second-order valence-corrected chi connectivity index (χ2v) is 8.76. The van der Waals surface area contributed by atoms with Gasteiger partial charge in [0.25, 0.3) is 0 Å². The van der Waals surface area contributed by atoms with Gasteiger partial charge >= 0.3 is 12.6 Å².